The number of carbonyl (C=O) groups is 1. The molecule has 1 N–H and O–H groups in total. The summed E-state index contributed by atoms with van der Waals surface area (Å²) in [4.78, 5) is 23.2. The average molecular weight is 324 g/mol. The first-order valence-electron chi connectivity index (χ1n) is 8.51. The Morgan fingerprint density at radius 2 is 1.92 bits per heavy atom. The van der Waals surface area contributed by atoms with Gasteiger partial charge in [0.05, 0.1) is 0 Å². The van der Waals surface area contributed by atoms with E-state index in [2.05, 4.69) is 20.2 Å². The number of benzene rings is 1. The minimum absolute atomic E-state index is 0.0290. The van der Waals surface area contributed by atoms with Crippen molar-refractivity contribution in [2.45, 2.75) is 26.7 Å². The molecule has 1 aromatic carbocycles. The zero-order chi connectivity index (χ0) is 16.9. The second-order valence-electron chi connectivity index (χ2n) is 6.51. The fraction of sp³-hybridized carbons (Fsp3) is 0.421. The van der Waals surface area contributed by atoms with Crippen molar-refractivity contribution in [1.29, 1.82) is 0 Å². The summed E-state index contributed by atoms with van der Waals surface area (Å²) in [6.45, 7) is 6.64. The molecule has 0 unspecified atom stereocenters. The lowest BCUT2D eigenvalue weighted by molar-refractivity contribution is 0.0944. The van der Waals surface area contributed by atoms with E-state index in [1.165, 1.54) is 5.56 Å². The number of aryl methyl sites for hydroxylation is 2. The molecule has 0 atom stereocenters. The van der Waals surface area contributed by atoms with Gasteiger partial charge in [-0.25, -0.2) is 9.97 Å². The Morgan fingerprint density at radius 3 is 2.58 bits per heavy atom. The Kier molecular flexibility index (Phi) is 5.08. The molecule has 2 heterocycles. The van der Waals surface area contributed by atoms with Crippen molar-refractivity contribution < 1.29 is 4.79 Å². The summed E-state index contributed by atoms with van der Waals surface area (Å²) < 4.78 is 0. The van der Waals surface area contributed by atoms with Gasteiger partial charge in [-0.3, -0.25) is 4.79 Å². The number of piperidine rings is 1. The van der Waals surface area contributed by atoms with Crippen molar-refractivity contribution in [3.05, 3.63) is 53.3 Å². The lowest BCUT2D eigenvalue weighted by Crippen LogP contribution is -2.39. The normalized spacial score (nSPS) is 15.3. The maximum absolute atomic E-state index is 12.4. The molecule has 2 aromatic rings. The third-order valence-electron chi connectivity index (χ3n) is 4.63. The van der Waals surface area contributed by atoms with Gasteiger partial charge in [0.15, 0.2) is 0 Å². The number of hydrogen-bond donors (Lipinski definition) is 1. The molecule has 1 aliphatic heterocycles. The quantitative estimate of drug-likeness (QED) is 0.939. The summed E-state index contributed by atoms with van der Waals surface area (Å²) in [5.41, 5.74) is 2.99. The number of rotatable bonds is 4. The maximum atomic E-state index is 12.4. The smallest absolute Gasteiger partial charge is 0.251 e. The van der Waals surface area contributed by atoms with Gasteiger partial charge < -0.3 is 10.2 Å². The van der Waals surface area contributed by atoms with Gasteiger partial charge in [-0.1, -0.05) is 17.7 Å². The van der Waals surface area contributed by atoms with E-state index in [-0.39, 0.29) is 5.91 Å². The predicted octanol–water partition coefficient (Wildman–Crippen LogP) is 2.74. The van der Waals surface area contributed by atoms with Crippen LogP contribution < -0.4 is 10.2 Å². The Labute approximate surface area is 143 Å². The molecule has 1 saturated heterocycles. The van der Waals surface area contributed by atoms with E-state index in [0.29, 0.717) is 5.92 Å². The van der Waals surface area contributed by atoms with E-state index in [4.69, 9.17) is 0 Å². The monoisotopic (exact) mass is 324 g/mol. The third kappa shape index (κ3) is 3.91. The Morgan fingerprint density at radius 1 is 1.21 bits per heavy atom. The number of nitrogens with zero attached hydrogens (tertiary/aromatic N) is 3. The lowest BCUT2D eigenvalue weighted by Gasteiger charge is -2.32. The molecule has 3 rings (SSSR count). The van der Waals surface area contributed by atoms with Crippen LogP contribution in [0.3, 0.4) is 0 Å². The molecule has 5 heteroatoms. The second kappa shape index (κ2) is 7.43. The lowest BCUT2D eigenvalue weighted by atomic mass is 9.96. The van der Waals surface area contributed by atoms with Crippen molar-refractivity contribution in [2.75, 3.05) is 24.5 Å². The van der Waals surface area contributed by atoms with Gasteiger partial charge in [-0.15, -0.1) is 0 Å². The molecule has 1 aromatic heterocycles. The molecule has 5 nitrogen and oxygen atoms in total. The fourth-order valence-corrected chi connectivity index (χ4v) is 3.19. The van der Waals surface area contributed by atoms with E-state index < -0.39 is 0 Å². The highest BCUT2D eigenvalue weighted by Crippen LogP contribution is 2.20. The third-order valence-corrected chi connectivity index (χ3v) is 4.63. The molecular weight excluding hydrogens is 300 g/mol. The van der Waals surface area contributed by atoms with E-state index in [0.717, 1.165) is 49.6 Å². The van der Waals surface area contributed by atoms with Crippen molar-refractivity contribution in [2.24, 2.45) is 5.92 Å². The van der Waals surface area contributed by atoms with E-state index in [1.54, 1.807) is 12.4 Å². The van der Waals surface area contributed by atoms with Gasteiger partial charge in [0.25, 0.3) is 5.91 Å². The second-order valence-corrected chi connectivity index (χ2v) is 6.51. The molecule has 126 valence electrons. The van der Waals surface area contributed by atoms with Gasteiger partial charge in [-0.2, -0.15) is 0 Å². The number of carbonyl (C=O) groups excluding carboxylic acids is 1. The number of aromatic nitrogens is 2. The summed E-state index contributed by atoms with van der Waals surface area (Å²) in [6.07, 6.45) is 5.65. The number of hydrogen-bond acceptors (Lipinski definition) is 4. The summed E-state index contributed by atoms with van der Waals surface area (Å²) in [5, 5.41) is 3.09. The zero-order valence-electron chi connectivity index (χ0n) is 14.3. The van der Waals surface area contributed by atoms with Crippen LogP contribution in [0.1, 0.15) is 34.3 Å². The molecule has 0 spiro atoms. The first-order valence-corrected chi connectivity index (χ1v) is 8.51. The standard InChI is InChI=1S/C19H24N4O/c1-14-4-5-17(15(2)12-14)18(24)22-13-16-6-10-23(11-7-16)19-20-8-3-9-21-19/h3-5,8-9,12,16H,6-7,10-11,13H2,1-2H3,(H,22,24). The zero-order valence-corrected chi connectivity index (χ0v) is 14.3. The highest BCUT2D eigenvalue weighted by Gasteiger charge is 2.21. The Balaban J connectivity index is 1.49. The summed E-state index contributed by atoms with van der Waals surface area (Å²) >= 11 is 0. The number of amides is 1. The molecule has 24 heavy (non-hydrogen) atoms. The van der Waals surface area contributed by atoms with Crippen molar-refractivity contribution in [3.63, 3.8) is 0 Å². The van der Waals surface area contributed by atoms with Crippen LogP contribution in [-0.2, 0) is 0 Å². The van der Waals surface area contributed by atoms with Gasteiger partial charge in [0.2, 0.25) is 5.95 Å². The minimum Gasteiger partial charge on any atom is -0.352 e. The van der Waals surface area contributed by atoms with Crippen molar-refractivity contribution >= 4 is 11.9 Å². The van der Waals surface area contributed by atoms with E-state index in [9.17, 15) is 4.79 Å². The maximum Gasteiger partial charge on any atom is 0.251 e. The largest absolute Gasteiger partial charge is 0.352 e. The van der Waals surface area contributed by atoms with Crippen LogP contribution >= 0.6 is 0 Å². The molecule has 0 bridgehead atoms. The summed E-state index contributed by atoms with van der Waals surface area (Å²) in [5.74, 6) is 1.34. The highest BCUT2D eigenvalue weighted by atomic mass is 16.1. The van der Waals surface area contributed by atoms with Gasteiger partial charge in [0.1, 0.15) is 0 Å². The van der Waals surface area contributed by atoms with Gasteiger partial charge >= 0.3 is 0 Å². The predicted molar refractivity (Wildman–Crippen MR) is 95.2 cm³/mol. The van der Waals surface area contributed by atoms with Crippen LogP contribution in [0.25, 0.3) is 0 Å². The van der Waals surface area contributed by atoms with Crippen molar-refractivity contribution in [3.8, 4) is 0 Å². The molecule has 0 aliphatic carbocycles. The van der Waals surface area contributed by atoms with Crippen LogP contribution in [0, 0.1) is 19.8 Å². The fourth-order valence-electron chi connectivity index (χ4n) is 3.19. The first-order chi connectivity index (χ1) is 11.6. The van der Waals surface area contributed by atoms with Crippen LogP contribution in [0.4, 0.5) is 5.95 Å². The minimum atomic E-state index is 0.0290. The SMILES string of the molecule is Cc1ccc(C(=O)NCC2CCN(c3ncccn3)CC2)c(C)c1. The van der Waals surface area contributed by atoms with Crippen LogP contribution in [0.5, 0.6) is 0 Å². The molecular formula is C19H24N4O. The van der Waals surface area contributed by atoms with Crippen molar-refractivity contribution in [1.82, 2.24) is 15.3 Å². The molecule has 0 radical (unpaired) electrons. The van der Waals surface area contributed by atoms with Crippen LogP contribution in [-0.4, -0.2) is 35.5 Å². The summed E-state index contributed by atoms with van der Waals surface area (Å²) in [7, 11) is 0. The highest BCUT2D eigenvalue weighted by molar-refractivity contribution is 5.95. The Bertz CT molecular complexity index is 694. The van der Waals surface area contributed by atoms with E-state index >= 15 is 0 Å². The Hall–Kier alpha value is -2.43. The first kappa shape index (κ1) is 16.4. The van der Waals surface area contributed by atoms with Crippen LogP contribution in [0.15, 0.2) is 36.7 Å². The average Bonchev–Trinajstić information content (AvgIpc) is 2.61. The van der Waals surface area contributed by atoms with Gasteiger partial charge in [-0.05, 0) is 50.3 Å². The van der Waals surface area contributed by atoms with Gasteiger partial charge in [0, 0.05) is 37.6 Å². The molecule has 1 fully saturated rings. The van der Waals surface area contributed by atoms with E-state index in [1.807, 2.05) is 38.1 Å². The topological polar surface area (TPSA) is 58.1 Å². The number of nitrogens with one attached hydrogen (secondary N) is 1. The van der Waals surface area contributed by atoms with Crippen LogP contribution in [0.2, 0.25) is 0 Å². The molecule has 0 saturated carbocycles. The molecule has 1 aliphatic rings. The molecule has 1 amide bonds. The summed E-state index contributed by atoms with van der Waals surface area (Å²) in [6, 6.07) is 7.78. The number of anilines is 1.